The van der Waals surface area contributed by atoms with Crippen LogP contribution in [0.15, 0.2) is 70.3 Å². The highest BCUT2D eigenvalue weighted by Crippen LogP contribution is 2.25. The number of para-hydroxylation sites is 1. The molecule has 1 aliphatic rings. The van der Waals surface area contributed by atoms with Gasteiger partial charge in [-0.15, -0.1) is 5.92 Å². The third-order valence-corrected chi connectivity index (χ3v) is 7.40. The zero-order chi connectivity index (χ0) is 28.5. The second-order valence-electron chi connectivity index (χ2n) is 10.1. The molecule has 2 aromatic carbocycles. The molecule has 1 atom stereocenters. The smallest absolute Gasteiger partial charge is 0.337 e. The molecule has 10 heteroatoms. The Hall–Kier alpha value is -5.19. The Labute approximate surface area is 235 Å². The molecule has 4 heterocycles. The number of nitrogens with zero attached hydrogens (tertiary/aromatic N) is 7. The molecular weight excluding hydrogens is 516 g/mol. The van der Waals surface area contributed by atoms with E-state index < -0.39 is 11.2 Å². The van der Waals surface area contributed by atoms with E-state index in [-0.39, 0.29) is 36.0 Å². The van der Waals surface area contributed by atoms with Crippen molar-refractivity contribution in [3.8, 4) is 23.6 Å². The molecule has 1 aliphatic heterocycles. The standard InChI is InChI=1S/C31H28N8O2/c1-2-3-16-37-27-28(35-30(37)36-15-9-11-22(33)19-36)39(24-12-5-4-6-13-24)31(41)38(29(27)40)20-23-17-21-10-7-8-14-25(21)26(18-32)34-23/h4-8,10,12-14,17,22H,9,11,15-16,19-20,33H2,1H3/t22-/m1/s1. The maximum absolute atomic E-state index is 14.2. The minimum atomic E-state index is -0.546. The van der Waals surface area contributed by atoms with Crippen LogP contribution in [-0.4, -0.2) is 42.8 Å². The summed E-state index contributed by atoms with van der Waals surface area (Å²) in [4.78, 5) is 39.8. The van der Waals surface area contributed by atoms with Crippen molar-refractivity contribution in [1.82, 2.24) is 23.7 Å². The summed E-state index contributed by atoms with van der Waals surface area (Å²) in [5.41, 5.74) is 7.03. The van der Waals surface area contributed by atoms with E-state index in [1.54, 1.807) is 29.7 Å². The molecule has 3 aromatic heterocycles. The molecule has 204 valence electrons. The first-order valence-electron chi connectivity index (χ1n) is 13.5. The van der Waals surface area contributed by atoms with Gasteiger partial charge < -0.3 is 10.6 Å². The fraction of sp³-hybridized carbons (Fsp3) is 0.258. The molecule has 41 heavy (non-hydrogen) atoms. The van der Waals surface area contributed by atoms with Crippen LogP contribution in [0, 0.1) is 23.2 Å². The van der Waals surface area contributed by atoms with Crippen LogP contribution in [0.1, 0.15) is 31.2 Å². The van der Waals surface area contributed by atoms with Crippen LogP contribution in [0.25, 0.3) is 27.6 Å². The van der Waals surface area contributed by atoms with E-state index in [0.29, 0.717) is 29.3 Å². The number of hydrogen-bond acceptors (Lipinski definition) is 7. The first-order valence-corrected chi connectivity index (χ1v) is 13.5. The van der Waals surface area contributed by atoms with Crippen LogP contribution in [0.2, 0.25) is 0 Å². The molecule has 0 bridgehead atoms. The number of benzene rings is 2. The Morgan fingerprint density at radius 2 is 1.83 bits per heavy atom. The van der Waals surface area contributed by atoms with Gasteiger partial charge in [-0.25, -0.2) is 14.3 Å². The predicted octanol–water partition coefficient (Wildman–Crippen LogP) is 2.77. The minimum absolute atomic E-state index is 0.0180. The maximum atomic E-state index is 14.2. The van der Waals surface area contributed by atoms with Gasteiger partial charge in [0.2, 0.25) is 5.95 Å². The second kappa shape index (κ2) is 10.8. The summed E-state index contributed by atoms with van der Waals surface area (Å²) in [5.74, 6) is 6.54. The number of rotatable bonds is 5. The Balaban J connectivity index is 1.63. The summed E-state index contributed by atoms with van der Waals surface area (Å²) in [6.07, 6.45) is 1.81. The van der Waals surface area contributed by atoms with Crippen molar-refractivity contribution in [1.29, 1.82) is 5.26 Å². The minimum Gasteiger partial charge on any atom is -0.341 e. The van der Waals surface area contributed by atoms with Gasteiger partial charge in [0.05, 0.1) is 24.5 Å². The first-order chi connectivity index (χ1) is 20.0. The van der Waals surface area contributed by atoms with Gasteiger partial charge in [0, 0.05) is 24.5 Å². The molecule has 5 aromatic rings. The average Bonchev–Trinajstić information content (AvgIpc) is 3.37. The van der Waals surface area contributed by atoms with E-state index in [9.17, 15) is 14.9 Å². The largest absolute Gasteiger partial charge is 0.341 e. The topological polar surface area (TPSA) is 128 Å². The number of anilines is 1. The molecular formula is C31H28N8O2. The molecule has 2 N–H and O–H groups in total. The summed E-state index contributed by atoms with van der Waals surface area (Å²) < 4.78 is 4.42. The summed E-state index contributed by atoms with van der Waals surface area (Å²) >= 11 is 0. The molecule has 1 saturated heterocycles. The maximum Gasteiger partial charge on any atom is 0.337 e. The average molecular weight is 545 g/mol. The Morgan fingerprint density at radius 1 is 1.05 bits per heavy atom. The SMILES string of the molecule is CC#CCn1c(N2CCC[C@@H](N)C2)nc2c1c(=O)n(Cc1cc3ccccc3c(C#N)n1)c(=O)n2-c1ccccc1. The molecule has 0 saturated carbocycles. The number of pyridine rings is 1. The summed E-state index contributed by atoms with van der Waals surface area (Å²) in [6, 6.07) is 20.5. The van der Waals surface area contributed by atoms with Crippen LogP contribution >= 0.6 is 0 Å². The number of fused-ring (bicyclic) bond motifs is 2. The van der Waals surface area contributed by atoms with Gasteiger partial charge in [-0.05, 0) is 43.4 Å². The van der Waals surface area contributed by atoms with Crippen LogP contribution < -0.4 is 21.9 Å². The quantitative estimate of drug-likeness (QED) is 0.337. The number of imidazole rings is 1. The van der Waals surface area contributed by atoms with Crippen molar-refractivity contribution < 1.29 is 0 Å². The molecule has 1 fully saturated rings. The zero-order valence-corrected chi connectivity index (χ0v) is 22.6. The van der Waals surface area contributed by atoms with Crippen molar-refractivity contribution in [3.63, 3.8) is 0 Å². The lowest BCUT2D eigenvalue weighted by atomic mass is 10.1. The van der Waals surface area contributed by atoms with E-state index in [1.165, 1.54) is 4.57 Å². The van der Waals surface area contributed by atoms with E-state index in [4.69, 9.17) is 10.7 Å². The Kier molecular flexibility index (Phi) is 6.84. The Bertz CT molecular complexity index is 2000. The lowest BCUT2D eigenvalue weighted by Gasteiger charge is -2.31. The highest BCUT2D eigenvalue weighted by molar-refractivity contribution is 5.86. The summed E-state index contributed by atoms with van der Waals surface area (Å²) in [5, 5.41) is 11.3. The number of aromatic nitrogens is 5. The van der Waals surface area contributed by atoms with E-state index in [1.807, 2.05) is 42.5 Å². The third kappa shape index (κ3) is 4.65. The first kappa shape index (κ1) is 26.1. The van der Waals surface area contributed by atoms with Crippen molar-refractivity contribution >= 4 is 27.9 Å². The second-order valence-corrected chi connectivity index (χ2v) is 10.1. The van der Waals surface area contributed by atoms with Crippen molar-refractivity contribution in [3.05, 3.63) is 92.9 Å². The van der Waals surface area contributed by atoms with Crippen LogP contribution in [0.4, 0.5) is 5.95 Å². The lowest BCUT2D eigenvalue weighted by molar-refractivity contribution is 0.496. The van der Waals surface area contributed by atoms with Gasteiger partial charge in [-0.1, -0.05) is 48.4 Å². The van der Waals surface area contributed by atoms with Crippen LogP contribution in [-0.2, 0) is 13.1 Å². The van der Waals surface area contributed by atoms with Gasteiger partial charge in [0.25, 0.3) is 5.56 Å². The Morgan fingerprint density at radius 3 is 2.59 bits per heavy atom. The molecule has 10 nitrogen and oxygen atoms in total. The van der Waals surface area contributed by atoms with Gasteiger partial charge >= 0.3 is 5.69 Å². The van der Waals surface area contributed by atoms with Crippen molar-refractivity contribution in [2.75, 3.05) is 18.0 Å². The molecule has 0 radical (unpaired) electrons. The van der Waals surface area contributed by atoms with Crippen LogP contribution in [0.5, 0.6) is 0 Å². The summed E-state index contributed by atoms with van der Waals surface area (Å²) in [7, 11) is 0. The van der Waals surface area contributed by atoms with E-state index in [2.05, 4.69) is 27.8 Å². The number of hydrogen-bond donors (Lipinski definition) is 1. The van der Waals surface area contributed by atoms with Gasteiger partial charge in [-0.2, -0.15) is 10.2 Å². The monoisotopic (exact) mass is 544 g/mol. The molecule has 0 aliphatic carbocycles. The van der Waals surface area contributed by atoms with Gasteiger partial charge in [-0.3, -0.25) is 13.9 Å². The normalized spacial score (nSPS) is 15.0. The predicted molar refractivity (Wildman–Crippen MR) is 158 cm³/mol. The molecule has 0 amide bonds. The molecule has 0 unspecified atom stereocenters. The number of nitriles is 1. The lowest BCUT2D eigenvalue weighted by Crippen LogP contribution is -2.44. The highest BCUT2D eigenvalue weighted by atomic mass is 16.2. The van der Waals surface area contributed by atoms with E-state index in [0.717, 1.165) is 29.3 Å². The molecule has 6 rings (SSSR count). The van der Waals surface area contributed by atoms with Crippen molar-refractivity contribution in [2.45, 2.75) is 38.9 Å². The van der Waals surface area contributed by atoms with Gasteiger partial charge in [0.1, 0.15) is 11.8 Å². The zero-order valence-electron chi connectivity index (χ0n) is 22.6. The fourth-order valence-electron chi connectivity index (χ4n) is 5.49. The molecule has 0 spiro atoms. The number of nitrogens with two attached hydrogens (primary N) is 1. The highest BCUT2D eigenvalue weighted by Gasteiger charge is 2.27. The van der Waals surface area contributed by atoms with Crippen molar-refractivity contribution in [2.24, 2.45) is 5.73 Å². The number of piperidine rings is 1. The summed E-state index contributed by atoms with van der Waals surface area (Å²) in [6.45, 7) is 3.17. The van der Waals surface area contributed by atoms with Crippen LogP contribution in [0.3, 0.4) is 0 Å². The third-order valence-electron chi connectivity index (χ3n) is 7.40. The van der Waals surface area contributed by atoms with E-state index >= 15 is 0 Å². The fourth-order valence-corrected chi connectivity index (χ4v) is 5.49. The van der Waals surface area contributed by atoms with Gasteiger partial charge in [0.15, 0.2) is 11.2 Å².